The highest BCUT2D eigenvalue weighted by Crippen LogP contribution is 2.22. The van der Waals surface area contributed by atoms with Crippen molar-refractivity contribution in [3.63, 3.8) is 0 Å². The van der Waals surface area contributed by atoms with Crippen LogP contribution in [0.25, 0.3) is 0 Å². The second-order valence-electron chi connectivity index (χ2n) is 2.38. The summed E-state index contributed by atoms with van der Waals surface area (Å²) in [6.07, 6.45) is -0.297. The fourth-order valence-electron chi connectivity index (χ4n) is 0.975. The molecule has 1 aromatic rings. The molecule has 0 radical (unpaired) electrons. The number of methoxy groups -OCH3 is 1. The van der Waals surface area contributed by atoms with Crippen LogP contribution in [0.2, 0.25) is 0 Å². The summed E-state index contributed by atoms with van der Waals surface area (Å²) in [4.78, 5) is 0. The molecule has 0 unspecified atom stereocenters. The molecule has 4 heteroatoms. The molecule has 0 N–H and O–H groups in total. The third kappa shape index (κ3) is 1.75. The third-order valence-electron chi connectivity index (χ3n) is 1.63. The summed E-state index contributed by atoms with van der Waals surface area (Å²) < 4.78 is 30.7. The maximum absolute atomic E-state index is 13.2. The zero-order chi connectivity index (χ0) is 9.84. The second kappa shape index (κ2) is 3.85. The summed E-state index contributed by atoms with van der Waals surface area (Å²) in [6.45, 7) is 0. The molecule has 0 heterocycles. The van der Waals surface area contributed by atoms with Crippen molar-refractivity contribution >= 4 is 0 Å². The van der Waals surface area contributed by atoms with E-state index in [0.29, 0.717) is 0 Å². The molecule has 2 nitrogen and oxygen atoms in total. The molecule has 0 aliphatic carbocycles. The molecule has 0 saturated heterocycles. The van der Waals surface area contributed by atoms with Crippen LogP contribution >= 0.6 is 0 Å². The fourth-order valence-corrected chi connectivity index (χ4v) is 0.975. The van der Waals surface area contributed by atoms with Gasteiger partial charge in [0.2, 0.25) is 0 Å². The van der Waals surface area contributed by atoms with Gasteiger partial charge < -0.3 is 4.74 Å². The number of hydrogen-bond donors (Lipinski definition) is 0. The zero-order valence-electron chi connectivity index (χ0n) is 6.97. The molecule has 1 rings (SSSR count). The van der Waals surface area contributed by atoms with E-state index in [4.69, 9.17) is 5.26 Å². The Labute approximate surface area is 74.4 Å². The van der Waals surface area contributed by atoms with Gasteiger partial charge in [0.1, 0.15) is 5.82 Å². The molecular weight excluding hydrogens is 176 g/mol. The molecule has 13 heavy (non-hydrogen) atoms. The summed E-state index contributed by atoms with van der Waals surface area (Å²) in [7, 11) is 1.28. The quantitative estimate of drug-likeness (QED) is 0.702. The minimum absolute atomic E-state index is 0.0494. The van der Waals surface area contributed by atoms with Crippen LogP contribution in [0.1, 0.15) is 5.56 Å². The minimum Gasteiger partial charge on any atom is -0.494 e. The molecule has 0 saturated carbocycles. The zero-order valence-corrected chi connectivity index (χ0v) is 6.97. The van der Waals surface area contributed by atoms with Crippen molar-refractivity contribution in [2.45, 2.75) is 6.42 Å². The van der Waals surface area contributed by atoms with E-state index in [1.165, 1.54) is 13.2 Å². The van der Waals surface area contributed by atoms with E-state index in [9.17, 15) is 8.78 Å². The number of hydrogen-bond acceptors (Lipinski definition) is 2. The van der Waals surface area contributed by atoms with Gasteiger partial charge in [-0.3, -0.25) is 0 Å². The fraction of sp³-hybridized carbons (Fsp3) is 0.222. The van der Waals surface area contributed by atoms with Crippen LogP contribution in [0.5, 0.6) is 5.75 Å². The summed E-state index contributed by atoms with van der Waals surface area (Å²) >= 11 is 0. The first kappa shape index (κ1) is 9.46. The molecule has 68 valence electrons. The predicted molar refractivity (Wildman–Crippen MR) is 42.2 cm³/mol. The normalized spacial score (nSPS) is 9.38. The van der Waals surface area contributed by atoms with Crippen LogP contribution in [0.4, 0.5) is 8.78 Å². The van der Waals surface area contributed by atoms with Crippen molar-refractivity contribution < 1.29 is 13.5 Å². The smallest absolute Gasteiger partial charge is 0.172 e. The average molecular weight is 183 g/mol. The first-order valence-electron chi connectivity index (χ1n) is 3.58. The van der Waals surface area contributed by atoms with Crippen molar-refractivity contribution in [3.8, 4) is 11.8 Å². The molecule has 0 spiro atoms. The van der Waals surface area contributed by atoms with Gasteiger partial charge in [-0.15, -0.1) is 0 Å². The second-order valence-corrected chi connectivity index (χ2v) is 2.38. The largest absolute Gasteiger partial charge is 0.494 e. The maximum Gasteiger partial charge on any atom is 0.172 e. The first-order chi connectivity index (χ1) is 6.20. The van der Waals surface area contributed by atoms with Crippen LogP contribution in [-0.4, -0.2) is 7.11 Å². The van der Waals surface area contributed by atoms with E-state index in [2.05, 4.69) is 4.74 Å². The number of nitriles is 1. The Morgan fingerprint density at radius 3 is 2.69 bits per heavy atom. The Bertz CT molecular complexity index is 357. The highest BCUT2D eigenvalue weighted by Gasteiger charge is 2.13. The van der Waals surface area contributed by atoms with Gasteiger partial charge in [-0.2, -0.15) is 5.26 Å². The summed E-state index contributed by atoms with van der Waals surface area (Å²) in [5.74, 6) is -1.57. The number of benzene rings is 1. The highest BCUT2D eigenvalue weighted by atomic mass is 19.1. The van der Waals surface area contributed by atoms with Crippen molar-refractivity contribution in [3.05, 3.63) is 29.3 Å². The molecule has 1 aromatic carbocycles. The number of nitrogens with zero attached hydrogens (tertiary/aromatic N) is 1. The van der Waals surface area contributed by atoms with Crippen molar-refractivity contribution in [1.29, 1.82) is 5.26 Å². The van der Waals surface area contributed by atoms with Crippen molar-refractivity contribution in [2.24, 2.45) is 0 Å². The van der Waals surface area contributed by atoms with E-state index in [1.54, 1.807) is 6.07 Å². The molecule has 0 bridgehead atoms. The van der Waals surface area contributed by atoms with E-state index in [0.717, 1.165) is 6.07 Å². The molecule has 0 fully saturated rings. The Balaban J connectivity index is 3.23. The van der Waals surface area contributed by atoms with Crippen LogP contribution in [0, 0.1) is 23.0 Å². The van der Waals surface area contributed by atoms with Gasteiger partial charge in [0.25, 0.3) is 0 Å². The van der Waals surface area contributed by atoms with Gasteiger partial charge in [-0.05, 0) is 12.1 Å². The van der Waals surface area contributed by atoms with Crippen LogP contribution in [-0.2, 0) is 6.42 Å². The molecule has 0 aliphatic rings. The maximum atomic E-state index is 13.2. The van der Waals surface area contributed by atoms with Gasteiger partial charge in [0, 0.05) is 5.56 Å². The highest BCUT2D eigenvalue weighted by molar-refractivity contribution is 5.33. The Kier molecular flexibility index (Phi) is 2.80. The number of ether oxygens (including phenoxy) is 1. The SMILES string of the molecule is COc1ccc(F)c(CC#N)c1F. The lowest BCUT2D eigenvalue weighted by molar-refractivity contribution is 0.381. The standard InChI is InChI=1S/C9H7F2NO/c1-13-8-3-2-7(10)6(4-5-12)9(8)11/h2-3H,4H2,1H3. The predicted octanol–water partition coefficient (Wildman–Crippen LogP) is 2.04. The number of halogens is 2. The lowest BCUT2D eigenvalue weighted by atomic mass is 10.1. The van der Waals surface area contributed by atoms with Crippen LogP contribution in [0.15, 0.2) is 12.1 Å². The van der Waals surface area contributed by atoms with E-state index >= 15 is 0 Å². The van der Waals surface area contributed by atoms with E-state index in [-0.39, 0.29) is 17.7 Å². The first-order valence-corrected chi connectivity index (χ1v) is 3.58. The van der Waals surface area contributed by atoms with E-state index in [1.807, 2.05) is 0 Å². The van der Waals surface area contributed by atoms with Crippen LogP contribution < -0.4 is 4.74 Å². The molecule has 0 aliphatic heterocycles. The van der Waals surface area contributed by atoms with Gasteiger partial charge in [-0.25, -0.2) is 8.78 Å². The Hall–Kier alpha value is -1.63. The lowest BCUT2D eigenvalue weighted by Gasteiger charge is -2.05. The summed E-state index contributed by atoms with van der Waals surface area (Å²) in [6, 6.07) is 3.95. The average Bonchev–Trinajstić information content (AvgIpc) is 2.12. The third-order valence-corrected chi connectivity index (χ3v) is 1.63. The molecular formula is C9H7F2NO. The summed E-state index contributed by atoms with van der Waals surface area (Å²) in [5.41, 5.74) is -0.248. The molecule has 0 amide bonds. The Morgan fingerprint density at radius 1 is 1.46 bits per heavy atom. The Morgan fingerprint density at radius 2 is 2.15 bits per heavy atom. The lowest BCUT2D eigenvalue weighted by Crippen LogP contribution is -1.97. The topological polar surface area (TPSA) is 33.0 Å². The molecule has 0 aromatic heterocycles. The molecule has 0 atom stereocenters. The van der Waals surface area contributed by atoms with Gasteiger partial charge in [0.05, 0.1) is 19.6 Å². The van der Waals surface area contributed by atoms with Crippen LogP contribution in [0.3, 0.4) is 0 Å². The van der Waals surface area contributed by atoms with Gasteiger partial charge >= 0.3 is 0 Å². The van der Waals surface area contributed by atoms with Crippen molar-refractivity contribution in [2.75, 3.05) is 7.11 Å². The summed E-state index contributed by atoms with van der Waals surface area (Å²) in [5, 5.41) is 8.31. The number of rotatable bonds is 2. The van der Waals surface area contributed by atoms with Gasteiger partial charge in [-0.1, -0.05) is 0 Å². The van der Waals surface area contributed by atoms with Gasteiger partial charge in [0.15, 0.2) is 11.6 Å². The van der Waals surface area contributed by atoms with E-state index < -0.39 is 11.6 Å². The monoisotopic (exact) mass is 183 g/mol. The van der Waals surface area contributed by atoms with Crippen molar-refractivity contribution in [1.82, 2.24) is 0 Å². The minimum atomic E-state index is -0.802.